The third-order valence-corrected chi connectivity index (χ3v) is 4.41. The van der Waals surface area contributed by atoms with Crippen LogP contribution in [0.3, 0.4) is 0 Å². The van der Waals surface area contributed by atoms with E-state index < -0.39 is 5.91 Å². The fraction of sp³-hybridized carbons (Fsp3) is 0.190. The van der Waals surface area contributed by atoms with Crippen LogP contribution in [0, 0.1) is 0 Å². The van der Waals surface area contributed by atoms with E-state index in [-0.39, 0.29) is 6.61 Å². The van der Waals surface area contributed by atoms with Crippen molar-refractivity contribution in [3.63, 3.8) is 0 Å². The number of hydrogen-bond donors (Lipinski definition) is 4. The van der Waals surface area contributed by atoms with Crippen LogP contribution in [0.4, 0.5) is 0 Å². The van der Waals surface area contributed by atoms with Crippen molar-refractivity contribution in [1.82, 2.24) is 15.4 Å². The number of para-hydroxylation sites is 1. The van der Waals surface area contributed by atoms with Crippen molar-refractivity contribution in [2.45, 2.75) is 13.1 Å². The second-order valence-corrected chi connectivity index (χ2v) is 6.34. The smallest absolute Gasteiger partial charge is 0.267 e. The van der Waals surface area contributed by atoms with Crippen molar-refractivity contribution < 1.29 is 15.1 Å². The molecule has 0 aliphatic rings. The first-order valence-corrected chi connectivity index (χ1v) is 8.79. The fourth-order valence-electron chi connectivity index (χ4n) is 3.06. The predicted octanol–water partition coefficient (Wildman–Crippen LogP) is 2.68. The van der Waals surface area contributed by atoms with E-state index in [1.54, 1.807) is 11.6 Å². The third kappa shape index (κ3) is 5.04. The summed E-state index contributed by atoms with van der Waals surface area (Å²) in [7, 11) is 0. The molecule has 1 amide bonds. The number of aliphatic hydroxyl groups is 1. The Bertz CT molecular complexity index is 916. The Balaban J connectivity index is 1.69. The van der Waals surface area contributed by atoms with E-state index in [1.165, 1.54) is 17.0 Å². The highest BCUT2D eigenvalue weighted by Gasteiger charge is 2.10. The van der Waals surface area contributed by atoms with Gasteiger partial charge in [-0.15, -0.1) is 0 Å². The summed E-state index contributed by atoms with van der Waals surface area (Å²) in [5, 5.41) is 19.1. The van der Waals surface area contributed by atoms with Gasteiger partial charge in [0.25, 0.3) is 5.91 Å². The van der Waals surface area contributed by atoms with Gasteiger partial charge in [0.1, 0.15) is 0 Å². The molecule has 6 heteroatoms. The molecule has 27 heavy (non-hydrogen) atoms. The summed E-state index contributed by atoms with van der Waals surface area (Å²) in [6.45, 7) is 2.13. The van der Waals surface area contributed by atoms with Crippen LogP contribution >= 0.6 is 0 Å². The quantitative estimate of drug-likeness (QED) is 0.281. The van der Waals surface area contributed by atoms with Crippen molar-refractivity contribution in [1.29, 1.82) is 0 Å². The lowest BCUT2D eigenvalue weighted by Crippen LogP contribution is -2.26. The molecule has 0 aliphatic carbocycles. The van der Waals surface area contributed by atoms with Gasteiger partial charge in [0.05, 0.1) is 6.61 Å². The molecule has 1 aromatic heterocycles. The Morgan fingerprint density at radius 2 is 1.89 bits per heavy atom. The first kappa shape index (κ1) is 18.8. The number of aliphatic hydroxyl groups excluding tert-OH is 1. The first-order valence-electron chi connectivity index (χ1n) is 8.79. The minimum atomic E-state index is -0.563. The summed E-state index contributed by atoms with van der Waals surface area (Å²) in [4.78, 5) is 16.5. The van der Waals surface area contributed by atoms with Gasteiger partial charge in [-0.3, -0.25) is 14.9 Å². The lowest BCUT2D eigenvalue weighted by molar-refractivity contribution is -0.124. The minimum Gasteiger partial charge on any atom is -0.395 e. The van der Waals surface area contributed by atoms with Crippen molar-refractivity contribution in [2.75, 3.05) is 13.2 Å². The predicted molar refractivity (Wildman–Crippen MR) is 105 cm³/mol. The number of aromatic nitrogens is 1. The monoisotopic (exact) mass is 365 g/mol. The number of hydroxylamine groups is 1. The summed E-state index contributed by atoms with van der Waals surface area (Å²) in [6, 6.07) is 16.0. The van der Waals surface area contributed by atoms with Crippen LogP contribution in [0.2, 0.25) is 0 Å². The topological polar surface area (TPSA) is 88.6 Å². The maximum atomic E-state index is 11.0. The first-order chi connectivity index (χ1) is 13.2. The summed E-state index contributed by atoms with van der Waals surface area (Å²) >= 11 is 0. The van der Waals surface area contributed by atoms with Gasteiger partial charge in [-0.25, -0.2) is 5.48 Å². The van der Waals surface area contributed by atoms with Crippen LogP contribution in [0.15, 0.2) is 60.8 Å². The summed E-state index contributed by atoms with van der Waals surface area (Å²) in [5.41, 5.74) is 5.86. The molecule has 3 aromatic rings. The Morgan fingerprint density at radius 1 is 1.11 bits per heavy atom. The average molecular weight is 365 g/mol. The molecule has 0 fully saturated rings. The van der Waals surface area contributed by atoms with Gasteiger partial charge in [-0.05, 0) is 28.8 Å². The van der Waals surface area contributed by atoms with Crippen LogP contribution in [0.1, 0.15) is 16.7 Å². The maximum absolute atomic E-state index is 11.0. The molecule has 0 unspecified atom stereocenters. The largest absolute Gasteiger partial charge is 0.395 e. The molecule has 3 rings (SSSR count). The van der Waals surface area contributed by atoms with Crippen LogP contribution in [-0.2, 0) is 17.9 Å². The van der Waals surface area contributed by atoms with Crippen LogP contribution in [0.5, 0.6) is 0 Å². The number of fused-ring (bicyclic) bond motifs is 1. The number of amides is 1. The molecule has 0 aliphatic heterocycles. The second-order valence-electron chi connectivity index (χ2n) is 6.34. The van der Waals surface area contributed by atoms with Crippen molar-refractivity contribution in [2.24, 2.45) is 0 Å². The molecule has 0 radical (unpaired) electrons. The van der Waals surface area contributed by atoms with Gasteiger partial charge in [-0.2, -0.15) is 0 Å². The molecule has 2 aromatic carbocycles. The van der Waals surface area contributed by atoms with E-state index in [9.17, 15) is 9.90 Å². The van der Waals surface area contributed by atoms with Gasteiger partial charge >= 0.3 is 0 Å². The van der Waals surface area contributed by atoms with E-state index >= 15 is 0 Å². The lowest BCUT2D eigenvalue weighted by atomic mass is 10.1. The maximum Gasteiger partial charge on any atom is 0.267 e. The van der Waals surface area contributed by atoms with Gasteiger partial charge < -0.3 is 10.1 Å². The lowest BCUT2D eigenvalue weighted by Gasteiger charge is -2.21. The molecular formula is C21H23N3O3. The molecule has 0 atom stereocenters. The fourth-order valence-corrected chi connectivity index (χ4v) is 3.06. The van der Waals surface area contributed by atoms with Crippen LogP contribution in [-0.4, -0.2) is 39.3 Å². The summed E-state index contributed by atoms with van der Waals surface area (Å²) < 4.78 is 0. The normalized spacial score (nSPS) is 11.5. The second kappa shape index (κ2) is 9.14. The van der Waals surface area contributed by atoms with Crippen molar-refractivity contribution >= 4 is 22.9 Å². The number of nitrogens with one attached hydrogen (secondary N) is 2. The number of carbonyl (C=O) groups is 1. The van der Waals surface area contributed by atoms with Gasteiger partial charge in [0, 0.05) is 42.8 Å². The van der Waals surface area contributed by atoms with E-state index in [2.05, 4.69) is 22.0 Å². The molecule has 0 saturated carbocycles. The zero-order valence-corrected chi connectivity index (χ0v) is 14.9. The van der Waals surface area contributed by atoms with E-state index in [4.69, 9.17) is 5.21 Å². The Hall–Kier alpha value is -2.93. The highest BCUT2D eigenvalue weighted by molar-refractivity contribution is 5.90. The molecule has 140 valence electrons. The zero-order chi connectivity index (χ0) is 19.1. The Morgan fingerprint density at radius 3 is 2.63 bits per heavy atom. The van der Waals surface area contributed by atoms with Crippen molar-refractivity contribution in [3.8, 4) is 0 Å². The molecule has 4 N–H and O–H groups in total. The minimum absolute atomic E-state index is 0.0967. The average Bonchev–Trinajstić information content (AvgIpc) is 3.10. The zero-order valence-electron chi connectivity index (χ0n) is 14.9. The number of H-pyrrole nitrogens is 1. The Kier molecular flexibility index (Phi) is 6.38. The standard InChI is InChI=1S/C21H23N3O3/c25-12-11-24(15-18-13-22-20-4-2-1-3-19(18)20)14-17-7-5-16(6-8-17)9-10-21(26)23-27/h1-10,13,22,25,27H,11-12,14-15H2,(H,23,26)/b10-9+. The highest BCUT2D eigenvalue weighted by Crippen LogP contribution is 2.20. The number of rotatable bonds is 8. The van der Waals surface area contributed by atoms with Gasteiger partial charge in [0.15, 0.2) is 0 Å². The SMILES string of the molecule is O=C(/C=C/c1ccc(CN(CCO)Cc2c[nH]c3ccccc23)cc1)NO. The molecule has 1 heterocycles. The number of carbonyl (C=O) groups excluding carboxylic acids is 1. The van der Waals surface area contributed by atoms with E-state index in [0.717, 1.165) is 23.2 Å². The molecular weight excluding hydrogens is 342 g/mol. The van der Waals surface area contributed by atoms with Gasteiger partial charge in [-0.1, -0.05) is 42.5 Å². The van der Waals surface area contributed by atoms with E-state index in [0.29, 0.717) is 13.1 Å². The molecule has 0 spiro atoms. The number of nitrogens with zero attached hydrogens (tertiary/aromatic N) is 1. The molecule has 0 bridgehead atoms. The molecule has 6 nitrogen and oxygen atoms in total. The third-order valence-electron chi connectivity index (χ3n) is 4.41. The highest BCUT2D eigenvalue weighted by atomic mass is 16.5. The number of aromatic amines is 1. The number of benzene rings is 2. The van der Waals surface area contributed by atoms with Crippen LogP contribution < -0.4 is 5.48 Å². The molecule has 0 saturated heterocycles. The van der Waals surface area contributed by atoms with Crippen molar-refractivity contribution in [3.05, 3.63) is 77.5 Å². The van der Waals surface area contributed by atoms with Crippen LogP contribution in [0.25, 0.3) is 17.0 Å². The van der Waals surface area contributed by atoms with Gasteiger partial charge in [0.2, 0.25) is 0 Å². The summed E-state index contributed by atoms with van der Waals surface area (Å²) in [5.74, 6) is -0.563. The Labute approximate surface area is 157 Å². The summed E-state index contributed by atoms with van der Waals surface area (Å²) in [6.07, 6.45) is 4.92. The van der Waals surface area contributed by atoms with E-state index in [1.807, 2.05) is 42.6 Å². The number of hydrogen-bond acceptors (Lipinski definition) is 4.